The number of thioether (sulfide) groups is 1. The van der Waals surface area contributed by atoms with Crippen molar-refractivity contribution < 1.29 is 4.79 Å². The Bertz CT molecular complexity index is 1030. The molecular weight excluding hydrogens is 475 g/mol. The molecule has 5 nitrogen and oxygen atoms in total. The third-order valence-electron chi connectivity index (χ3n) is 5.20. The number of rotatable bonds is 13. The van der Waals surface area contributed by atoms with Crippen LogP contribution >= 0.6 is 35.0 Å². The van der Waals surface area contributed by atoms with Crippen molar-refractivity contribution in [3.63, 3.8) is 0 Å². The zero-order chi connectivity index (χ0) is 23.5. The van der Waals surface area contributed by atoms with Crippen molar-refractivity contribution in [2.75, 3.05) is 12.3 Å². The minimum absolute atomic E-state index is 0.139. The third-order valence-corrected chi connectivity index (χ3v) is 6.95. The monoisotopic (exact) mass is 504 g/mol. The van der Waals surface area contributed by atoms with Crippen LogP contribution in [-0.2, 0) is 11.2 Å². The van der Waals surface area contributed by atoms with Crippen molar-refractivity contribution >= 4 is 40.9 Å². The Labute approximate surface area is 210 Å². The normalized spacial score (nSPS) is 11.0. The summed E-state index contributed by atoms with van der Waals surface area (Å²) in [5, 5.41) is 13.7. The van der Waals surface area contributed by atoms with Crippen molar-refractivity contribution in [2.45, 2.75) is 57.0 Å². The summed E-state index contributed by atoms with van der Waals surface area (Å²) in [5.41, 5.74) is 2.04. The van der Waals surface area contributed by atoms with Crippen LogP contribution in [0.5, 0.6) is 0 Å². The SMILES string of the molecule is CCCCCNC(=O)CCCCSc1nnc(Cc2ccccc2)n1-c1ccc(Cl)c(Cl)c1. The van der Waals surface area contributed by atoms with E-state index >= 15 is 0 Å². The lowest BCUT2D eigenvalue weighted by Crippen LogP contribution is -2.23. The molecule has 176 valence electrons. The fourth-order valence-electron chi connectivity index (χ4n) is 3.41. The number of nitrogens with one attached hydrogen (secondary N) is 1. The van der Waals surface area contributed by atoms with E-state index in [0.717, 1.165) is 66.6 Å². The standard InChI is InChI=1S/C25H30Cl2N4OS/c1-2-3-8-15-28-24(32)12-7-9-16-33-25-30-29-23(17-19-10-5-4-6-11-19)31(25)20-13-14-21(26)22(27)18-20/h4-6,10-11,13-14,18H,2-3,7-9,12,15-17H2,1H3,(H,28,32). The number of aromatic nitrogens is 3. The maximum absolute atomic E-state index is 11.9. The zero-order valence-electron chi connectivity index (χ0n) is 18.9. The highest BCUT2D eigenvalue weighted by atomic mass is 35.5. The van der Waals surface area contributed by atoms with Gasteiger partial charge in [-0.05, 0) is 43.0 Å². The smallest absolute Gasteiger partial charge is 0.219 e. The first-order chi connectivity index (χ1) is 16.1. The number of hydrogen-bond donors (Lipinski definition) is 1. The lowest BCUT2D eigenvalue weighted by molar-refractivity contribution is -0.121. The highest BCUT2D eigenvalue weighted by Gasteiger charge is 2.16. The van der Waals surface area contributed by atoms with E-state index in [-0.39, 0.29) is 5.91 Å². The Balaban J connectivity index is 1.61. The molecule has 0 spiro atoms. The predicted octanol–water partition coefficient (Wildman–Crippen LogP) is 6.73. The maximum Gasteiger partial charge on any atom is 0.219 e. The fourth-order valence-corrected chi connectivity index (χ4v) is 4.67. The topological polar surface area (TPSA) is 59.8 Å². The first-order valence-electron chi connectivity index (χ1n) is 11.4. The van der Waals surface area contributed by atoms with Gasteiger partial charge in [-0.3, -0.25) is 9.36 Å². The molecule has 0 saturated carbocycles. The van der Waals surface area contributed by atoms with E-state index in [4.69, 9.17) is 23.2 Å². The molecule has 0 radical (unpaired) electrons. The van der Waals surface area contributed by atoms with Crippen molar-refractivity contribution in [1.29, 1.82) is 0 Å². The second kappa shape index (κ2) is 13.6. The van der Waals surface area contributed by atoms with Gasteiger partial charge in [-0.25, -0.2) is 0 Å². The van der Waals surface area contributed by atoms with Crippen molar-refractivity contribution in [3.8, 4) is 5.69 Å². The van der Waals surface area contributed by atoms with Gasteiger partial charge in [0, 0.05) is 25.1 Å². The molecule has 0 bridgehead atoms. The number of amides is 1. The molecular formula is C25H30Cl2N4OS. The Morgan fingerprint density at radius 1 is 1.00 bits per heavy atom. The summed E-state index contributed by atoms with van der Waals surface area (Å²) in [6, 6.07) is 15.8. The van der Waals surface area contributed by atoms with Gasteiger partial charge in [0.05, 0.1) is 15.7 Å². The van der Waals surface area contributed by atoms with Crippen LogP contribution in [0.2, 0.25) is 10.0 Å². The summed E-state index contributed by atoms with van der Waals surface area (Å²) in [6.07, 6.45) is 6.36. The number of halogens is 2. The maximum atomic E-state index is 11.9. The lowest BCUT2D eigenvalue weighted by Gasteiger charge is -2.11. The van der Waals surface area contributed by atoms with E-state index in [1.807, 2.05) is 34.9 Å². The Morgan fingerprint density at radius 3 is 2.58 bits per heavy atom. The van der Waals surface area contributed by atoms with Crippen LogP contribution < -0.4 is 5.32 Å². The Hall–Kier alpha value is -2.02. The lowest BCUT2D eigenvalue weighted by atomic mass is 10.1. The van der Waals surface area contributed by atoms with E-state index in [1.54, 1.807) is 17.8 Å². The van der Waals surface area contributed by atoms with E-state index in [1.165, 1.54) is 0 Å². The van der Waals surface area contributed by atoms with Gasteiger partial charge in [0.2, 0.25) is 5.91 Å². The minimum atomic E-state index is 0.139. The molecule has 3 aromatic rings. The van der Waals surface area contributed by atoms with Crippen LogP contribution in [0.25, 0.3) is 5.69 Å². The number of hydrogen-bond acceptors (Lipinski definition) is 4. The molecule has 1 heterocycles. The molecule has 0 saturated heterocycles. The fraction of sp³-hybridized carbons (Fsp3) is 0.400. The zero-order valence-corrected chi connectivity index (χ0v) is 21.2. The predicted molar refractivity (Wildman–Crippen MR) is 138 cm³/mol. The van der Waals surface area contributed by atoms with Crippen LogP contribution in [0.3, 0.4) is 0 Å². The molecule has 1 aromatic heterocycles. The van der Waals surface area contributed by atoms with Crippen molar-refractivity contribution in [1.82, 2.24) is 20.1 Å². The quantitative estimate of drug-likeness (QED) is 0.207. The molecule has 0 aliphatic rings. The first kappa shape index (κ1) is 25.6. The number of unbranched alkanes of at least 4 members (excludes halogenated alkanes) is 3. The second-order valence-corrected chi connectivity index (χ2v) is 9.73. The largest absolute Gasteiger partial charge is 0.356 e. The molecule has 0 unspecified atom stereocenters. The van der Waals surface area contributed by atoms with Crippen LogP contribution in [-0.4, -0.2) is 33.0 Å². The molecule has 8 heteroatoms. The molecule has 0 atom stereocenters. The van der Waals surface area contributed by atoms with Gasteiger partial charge in [-0.1, -0.05) is 85.1 Å². The molecule has 3 rings (SSSR count). The van der Waals surface area contributed by atoms with E-state index in [2.05, 4.69) is 34.6 Å². The molecule has 0 fully saturated rings. The summed E-state index contributed by atoms with van der Waals surface area (Å²) in [7, 11) is 0. The van der Waals surface area contributed by atoms with Gasteiger partial charge < -0.3 is 5.32 Å². The highest BCUT2D eigenvalue weighted by molar-refractivity contribution is 7.99. The van der Waals surface area contributed by atoms with Crippen molar-refractivity contribution in [2.24, 2.45) is 0 Å². The van der Waals surface area contributed by atoms with Crippen LogP contribution in [0, 0.1) is 0 Å². The Kier molecular flexibility index (Phi) is 10.6. The van der Waals surface area contributed by atoms with Gasteiger partial charge in [-0.2, -0.15) is 0 Å². The number of carbonyl (C=O) groups excluding carboxylic acids is 1. The molecule has 2 aromatic carbocycles. The highest BCUT2D eigenvalue weighted by Crippen LogP contribution is 2.29. The molecule has 0 aliphatic heterocycles. The third kappa shape index (κ3) is 8.05. The van der Waals surface area contributed by atoms with E-state index in [9.17, 15) is 4.79 Å². The number of carbonyl (C=O) groups is 1. The van der Waals surface area contributed by atoms with Crippen molar-refractivity contribution in [3.05, 3.63) is 70.0 Å². The molecule has 0 aliphatic carbocycles. The van der Waals surface area contributed by atoms with Gasteiger partial charge in [0.1, 0.15) is 5.82 Å². The van der Waals surface area contributed by atoms with E-state index < -0.39 is 0 Å². The average Bonchev–Trinajstić information content (AvgIpc) is 3.21. The molecule has 33 heavy (non-hydrogen) atoms. The van der Waals surface area contributed by atoms with Gasteiger partial charge >= 0.3 is 0 Å². The summed E-state index contributed by atoms with van der Waals surface area (Å²) in [5.74, 6) is 1.84. The molecule has 1 amide bonds. The van der Waals surface area contributed by atoms with Crippen LogP contribution in [0.1, 0.15) is 56.8 Å². The van der Waals surface area contributed by atoms with Crippen LogP contribution in [0.4, 0.5) is 0 Å². The second-order valence-electron chi connectivity index (χ2n) is 7.86. The number of nitrogens with zero attached hydrogens (tertiary/aromatic N) is 3. The molecule has 1 N–H and O–H groups in total. The summed E-state index contributed by atoms with van der Waals surface area (Å²) in [6.45, 7) is 2.94. The summed E-state index contributed by atoms with van der Waals surface area (Å²) >= 11 is 14.1. The Morgan fingerprint density at radius 2 is 1.82 bits per heavy atom. The first-order valence-corrected chi connectivity index (χ1v) is 13.2. The summed E-state index contributed by atoms with van der Waals surface area (Å²) < 4.78 is 2.04. The average molecular weight is 506 g/mol. The van der Waals surface area contributed by atoms with Gasteiger partial charge in [0.15, 0.2) is 5.16 Å². The van der Waals surface area contributed by atoms with Crippen LogP contribution in [0.15, 0.2) is 53.7 Å². The van der Waals surface area contributed by atoms with Gasteiger partial charge in [-0.15, -0.1) is 10.2 Å². The summed E-state index contributed by atoms with van der Waals surface area (Å²) in [4.78, 5) is 11.9. The van der Waals surface area contributed by atoms with E-state index in [0.29, 0.717) is 22.9 Å². The van der Waals surface area contributed by atoms with Gasteiger partial charge in [0.25, 0.3) is 0 Å². The minimum Gasteiger partial charge on any atom is -0.356 e. The number of benzene rings is 2.